The normalized spacial score (nSPS) is 13.0. The van der Waals surface area contributed by atoms with E-state index in [0.29, 0.717) is 10.6 Å². The lowest BCUT2D eigenvalue weighted by atomic mass is 10.3. The maximum atomic E-state index is 12.5. The van der Waals surface area contributed by atoms with Gasteiger partial charge in [-0.05, 0) is 34.6 Å². The van der Waals surface area contributed by atoms with E-state index in [0.717, 1.165) is 0 Å². The van der Waals surface area contributed by atoms with Crippen LogP contribution in [0.3, 0.4) is 0 Å². The summed E-state index contributed by atoms with van der Waals surface area (Å²) in [6.45, 7) is 9.23. The molecule has 0 N–H and O–H groups in total. The fourth-order valence-corrected chi connectivity index (χ4v) is 4.13. The fourth-order valence-electron chi connectivity index (χ4n) is 2.10. The van der Waals surface area contributed by atoms with Gasteiger partial charge in [-0.3, -0.25) is 4.68 Å². The molecule has 0 spiro atoms. The third kappa shape index (κ3) is 2.69. The van der Waals surface area contributed by atoms with E-state index in [9.17, 15) is 8.42 Å². The van der Waals surface area contributed by atoms with Crippen molar-refractivity contribution in [3.05, 3.63) is 11.9 Å². The number of sulfonamides is 1. The first kappa shape index (κ1) is 14.2. The zero-order valence-corrected chi connectivity index (χ0v) is 12.1. The highest BCUT2D eigenvalue weighted by Crippen LogP contribution is 2.22. The molecule has 1 rings (SSSR count). The molecule has 0 fully saturated rings. The molecule has 1 heterocycles. The summed E-state index contributed by atoms with van der Waals surface area (Å²) in [6, 6.07) is -0.140. The van der Waals surface area contributed by atoms with Crippen molar-refractivity contribution in [2.45, 2.75) is 51.6 Å². The molecule has 1 aromatic heterocycles. The average Bonchev–Trinajstić information content (AvgIpc) is 2.43. The minimum absolute atomic E-state index is 0.0698. The lowest BCUT2D eigenvalue weighted by molar-refractivity contribution is 0.302. The molecule has 0 aliphatic carbocycles. The smallest absolute Gasteiger partial charge is 0.246 e. The van der Waals surface area contributed by atoms with E-state index in [-0.39, 0.29) is 12.1 Å². The SMILES string of the molecule is Cc1nn(C)cc1S(=O)(=O)N(C(C)C)C(C)C. The fraction of sp³-hybridized carbons (Fsp3) is 0.727. The van der Waals surface area contributed by atoms with Gasteiger partial charge in [-0.1, -0.05) is 0 Å². The Morgan fingerprint density at radius 1 is 1.24 bits per heavy atom. The predicted octanol–water partition coefficient (Wildman–Crippen LogP) is 1.54. The second-order valence-electron chi connectivity index (χ2n) is 4.77. The summed E-state index contributed by atoms with van der Waals surface area (Å²) in [5.74, 6) is 0. The molecule has 0 saturated carbocycles. The summed E-state index contributed by atoms with van der Waals surface area (Å²) in [6.07, 6.45) is 1.56. The maximum absolute atomic E-state index is 12.5. The number of aromatic nitrogens is 2. The van der Waals surface area contributed by atoms with E-state index >= 15 is 0 Å². The average molecular weight is 259 g/mol. The molecule has 0 bridgehead atoms. The molecule has 1 aromatic rings. The summed E-state index contributed by atoms with van der Waals surface area (Å²) in [5, 5.41) is 4.09. The molecule has 98 valence electrons. The van der Waals surface area contributed by atoms with Crippen molar-refractivity contribution >= 4 is 10.0 Å². The Kier molecular flexibility index (Phi) is 3.99. The van der Waals surface area contributed by atoms with Crippen molar-refractivity contribution in [2.24, 2.45) is 7.05 Å². The van der Waals surface area contributed by atoms with E-state index in [1.54, 1.807) is 20.2 Å². The first-order valence-electron chi connectivity index (χ1n) is 5.71. The third-order valence-electron chi connectivity index (χ3n) is 2.54. The minimum atomic E-state index is -3.46. The molecule has 0 saturated heterocycles. The molecule has 0 atom stereocenters. The van der Waals surface area contributed by atoms with Gasteiger partial charge in [-0.2, -0.15) is 9.40 Å². The van der Waals surface area contributed by atoms with Gasteiger partial charge < -0.3 is 0 Å². The second-order valence-corrected chi connectivity index (χ2v) is 6.59. The van der Waals surface area contributed by atoms with Crippen LogP contribution in [0, 0.1) is 6.92 Å². The molecule has 17 heavy (non-hydrogen) atoms. The van der Waals surface area contributed by atoms with E-state index in [1.807, 2.05) is 27.7 Å². The molecular weight excluding hydrogens is 238 g/mol. The number of rotatable bonds is 4. The first-order valence-corrected chi connectivity index (χ1v) is 7.15. The molecule has 0 aliphatic heterocycles. The highest BCUT2D eigenvalue weighted by molar-refractivity contribution is 7.89. The summed E-state index contributed by atoms with van der Waals surface area (Å²) >= 11 is 0. The highest BCUT2D eigenvalue weighted by atomic mass is 32.2. The zero-order chi connectivity index (χ0) is 13.4. The molecular formula is C11H21N3O2S. The third-order valence-corrected chi connectivity index (χ3v) is 4.90. The Labute approximate surface area is 103 Å². The van der Waals surface area contributed by atoms with Crippen LogP contribution in [0.25, 0.3) is 0 Å². The Bertz CT molecular complexity index is 481. The van der Waals surface area contributed by atoms with Gasteiger partial charge in [0.25, 0.3) is 0 Å². The van der Waals surface area contributed by atoms with Crippen LogP contribution >= 0.6 is 0 Å². The number of nitrogens with zero attached hydrogens (tertiary/aromatic N) is 3. The molecule has 5 nitrogen and oxygen atoms in total. The molecule has 0 radical (unpaired) electrons. The Morgan fingerprint density at radius 3 is 2.00 bits per heavy atom. The number of hydrogen-bond acceptors (Lipinski definition) is 3. The molecule has 0 aromatic carbocycles. The quantitative estimate of drug-likeness (QED) is 0.824. The summed E-state index contributed by atoms with van der Waals surface area (Å²) in [7, 11) is -1.74. The van der Waals surface area contributed by atoms with Gasteiger partial charge in [0.2, 0.25) is 10.0 Å². The number of hydrogen-bond donors (Lipinski definition) is 0. The van der Waals surface area contributed by atoms with Crippen LogP contribution in [0.1, 0.15) is 33.4 Å². The van der Waals surface area contributed by atoms with E-state index in [4.69, 9.17) is 0 Å². The van der Waals surface area contributed by atoms with Crippen LogP contribution in [0.4, 0.5) is 0 Å². The largest absolute Gasteiger partial charge is 0.274 e. The van der Waals surface area contributed by atoms with Crippen molar-refractivity contribution < 1.29 is 8.42 Å². The molecule has 6 heteroatoms. The van der Waals surface area contributed by atoms with Crippen LogP contribution in [-0.2, 0) is 17.1 Å². The Hall–Kier alpha value is -0.880. The van der Waals surface area contributed by atoms with Gasteiger partial charge in [-0.15, -0.1) is 0 Å². The van der Waals surface area contributed by atoms with Crippen LogP contribution in [0.2, 0.25) is 0 Å². The number of aryl methyl sites for hydroxylation is 2. The zero-order valence-electron chi connectivity index (χ0n) is 11.3. The van der Waals surface area contributed by atoms with Crippen LogP contribution in [0.5, 0.6) is 0 Å². The second kappa shape index (κ2) is 4.78. The van der Waals surface area contributed by atoms with Gasteiger partial charge in [0, 0.05) is 25.3 Å². The van der Waals surface area contributed by atoms with Gasteiger partial charge in [0.05, 0.1) is 5.69 Å². The van der Waals surface area contributed by atoms with Gasteiger partial charge in [0.1, 0.15) is 4.90 Å². The van der Waals surface area contributed by atoms with E-state index < -0.39 is 10.0 Å². The van der Waals surface area contributed by atoms with Gasteiger partial charge in [0.15, 0.2) is 0 Å². The van der Waals surface area contributed by atoms with Gasteiger partial charge >= 0.3 is 0 Å². The van der Waals surface area contributed by atoms with Crippen molar-refractivity contribution in [3.8, 4) is 0 Å². The van der Waals surface area contributed by atoms with Crippen molar-refractivity contribution in [1.82, 2.24) is 14.1 Å². The van der Waals surface area contributed by atoms with E-state index in [1.165, 1.54) is 8.99 Å². The summed E-state index contributed by atoms with van der Waals surface area (Å²) in [4.78, 5) is 0.294. The van der Waals surface area contributed by atoms with Crippen molar-refractivity contribution in [2.75, 3.05) is 0 Å². The van der Waals surface area contributed by atoms with Crippen LogP contribution in [0.15, 0.2) is 11.1 Å². The van der Waals surface area contributed by atoms with Crippen molar-refractivity contribution in [3.63, 3.8) is 0 Å². The highest BCUT2D eigenvalue weighted by Gasteiger charge is 2.31. The Balaban J connectivity index is 3.31. The van der Waals surface area contributed by atoms with E-state index in [2.05, 4.69) is 5.10 Å². The lowest BCUT2D eigenvalue weighted by Gasteiger charge is -2.29. The summed E-state index contributed by atoms with van der Waals surface area (Å²) < 4.78 is 28.1. The standard InChI is InChI=1S/C11H21N3O2S/c1-8(2)14(9(3)4)17(15,16)11-7-13(6)12-10(11)5/h7-9H,1-6H3. The van der Waals surface area contributed by atoms with Crippen molar-refractivity contribution in [1.29, 1.82) is 0 Å². The monoisotopic (exact) mass is 259 g/mol. The molecule has 0 amide bonds. The lowest BCUT2D eigenvalue weighted by Crippen LogP contribution is -2.42. The maximum Gasteiger partial charge on any atom is 0.246 e. The van der Waals surface area contributed by atoms with Gasteiger partial charge in [-0.25, -0.2) is 8.42 Å². The van der Waals surface area contributed by atoms with Crippen LogP contribution in [-0.4, -0.2) is 34.6 Å². The summed E-state index contributed by atoms with van der Waals surface area (Å²) in [5.41, 5.74) is 0.541. The predicted molar refractivity (Wildman–Crippen MR) is 67.2 cm³/mol. The molecule has 0 unspecified atom stereocenters. The topological polar surface area (TPSA) is 55.2 Å². The molecule has 0 aliphatic rings. The first-order chi connectivity index (χ1) is 7.67. The minimum Gasteiger partial charge on any atom is -0.274 e. The van der Waals surface area contributed by atoms with Crippen LogP contribution < -0.4 is 0 Å². The Morgan fingerprint density at radius 2 is 1.71 bits per heavy atom.